The third-order valence-corrected chi connectivity index (χ3v) is 2.89. The Morgan fingerprint density at radius 1 is 1.50 bits per heavy atom. The van der Waals surface area contributed by atoms with Crippen molar-refractivity contribution < 1.29 is 4.79 Å². The Labute approximate surface area is 79.9 Å². The van der Waals surface area contributed by atoms with Crippen LogP contribution in [0.3, 0.4) is 0 Å². The number of aldehydes is 1. The third kappa shape index (κ3) is 1.20. The molecule has 1 aromatic rings. The van der Waals surface area contributed by atoms with Gasteiger partial charge in [-0.05, 0) is 36.1 Å². The van der Waals surface area contributed by atoms with Crippen LogP contribution in [-0.4, -0.2) is 6.29 Å². The van der Waals surface area contributed by atoms with Crippen molar-refractivity contribution >= 4 is 22.2 Å². The highest BCUT2D eigenvalue weighted by molar-refractivity contribution is 9.10. The molecule has 12 heavy (non-hydrogen) atoms. The fraction of sp³-hybridized carbons (Fsp3) is 0.300. The third-order valence-electron chi connectivity index (χ3n) is 2.40. The Morgan fingerprint density at radius 3 is 3.08 bits per heavy atom. The van der Waals surface area contributed by atoms with Crippen LogP contribution in [-0.2, 0) is 11.2 Å². The predicted octanol–water partition coefficient (Wildman–Crippen LogP) is 2.68. The van der Waals surface area contributed by atoms with Crippen molar-refractivity contribution in [2.45, 2.75) is 18.8 Å². The lowest BCUT2D eigenvalue weighted by molar-refractivity contribution is -0.109. The molecule has 0 bridgehead atoms. The van der Waals surface area contributed by atoms with E-state index in [-0.39, 0.29) is 5.92 Å². The zero-order valence-electron chi connectivity index (χ0n) is 6.59. The molecule has 1 aromatic carbocycles. The van der Waals surface area contributed by atoms with Crippen molar-refractivity contribution in [3.8, 4) is 0 Å². The van der Waals surface area contributed by atoms with Gasteiger partial charge >= 0.3 is 0 Å². The van der Waals surface area contributed by atoms with Gasteiger partial charge in [0.05, 0.1) is 0 Å². The van der Waals surface area contributed by atoms with E-state index >= 15 is 0 Å². The van der Waals surface area contributed by atoms with Gasteiger partial charge in [0.15, 0.2) is 0 Å². The second-order valence-corrected chi connectivity index (χ2v) is 4.04. The molecule has 1 aliphatic carbocycles. The molecular formula is C10H9BrO. The Hall–Kier alpha value is -0.630. The molecule has 1 nitrogen and oxygen atoms in total. The molecular weight excluding hydrogens is 216 g/mol. The highest BCUT2D eigenvalue weighted by atomic mass is 79.9. The fourth-order valence-corrected chi connectivity index (χ4v) is 2.13. The highest BCUT2D eigenvalue weighted by Crippen LogP contribution is 2.33. The minimum absolute atomic E-state index is 0.137. The van der Waals surface area contributed by atoms with Gasteiger partial charge in [-0.2, -0.15) is 0 Å². The highest BCUT2D eigenvalue weighted by Gasteiger charge is 2.21. The Morgan fingerprint density at radius 2 is 2.33 bits per heavy atom. The lowest BCUT2D eigenvalue weighted by Gasteiger charge is -2.02. The summed E-state index contributed by atoms with van der Waals surface area (Å²) in [5.41, 5.74) is 2.54. The topological polar surface area (TPSA) is 17.1 Å². The molecule has 0 fully saturated rings. The minimum Gasteiger partial charge on any atom is -0.303 e. The number of aryl methyl sites for hydroxylation is 1. The van der Waals surface area contributed by atoms with E-state index in [1.165, 1.54) is 11.1 Å². The number of carbonyl (C=O) groups excluding carboxylic acids is 1. The summed E-state index contributed by atoms with van der Waals surface area (Å²) in [5.74, 6) is 0.137. The van der Waals surface area contributed by atoms with E-state index in [1.807, 2.05) is 6.07 Å². The molecule has 2 heteroatoms. The van der Waals surface area contributed by atoms with Crippen molar-refractivity contribution in [1.29, 1.82) is 0 Å². The lowest BCUT2D eigenvalue weighted by atomic mass is 10.0. The number of fused-ring (bicyclic) bond motifs is 1. The van der Waals surface area contributed by atoms with Crippen LogP contribution in [0, 0.1) is 0 Å². The smallest absolute Gasteiger partial charge is 0.127 e. The molecule has 0 aliphatic heterocycles. The van der Waals surface area contributed by atoms with E-state index in [9.17, 15) is 4.79 Å². The summed E-state index contributed by atoms with van der Waals surface area (Å²) in [4.78, 5) is 10.7. The average molecular weight is 225 g/mol. The molecule has 1 atom stereocenters. The van der Waals surface area contributed by atoms with E-state index < -0.39 is 0 Å². The quantitative estimate of drug-likeness (QED) is 0.671. The fourth-order valence-electron chi connectivity index (χ4n) is 1.75. The van der Waals surface area contributed by atoms with Gasteiger partial charge in [-0.1, -0.05) is 22.0 Å². The van der Waals surface area contributed by atoms with Crippen LogP contribution in [0.25, 0.3) is 0 Å². The maximum absolute atomic E-state index is 10.7. The van der Waals surface area contributed by atoms with Gasteiger partial charge in [-0.25, -0.2) is 0 Å². The van der Waals surface area contributed by atoms with E-state index in [4.69, 9.17) is 0 Å². The summed E-state index contributed by atoms with van der Waals surface area (Å²) < 4.78 is 1.06. The molecule has 0 saturated carbocycles. The van der Waals surface area contributed by atoms with Crippen molar-refractivity contribution in [3.05, 3.63) is 33.8 Å². The number of hydrogen-bond donors (Lipinski definition) is 0. The van der Waals surface area contributed by atoms with Crippen LogP contribution >= 0.6 is 15.9 Å². The summed E-state index contributed by atoms with van der Waals surface area (Å²) in [5, 5.41) is 0. The Balaban J connectivity index is 2.49. The molecule has 0 radical (unpaired) electrons. The van der Waals surface area contributed by atoms with Crippen LogP contribution in [0.5, 0.6) is 0 Å². The summed E-state index contributed by atoms with van der Waals surface area (Å²) in [6, 6.07) is 6.19. The summed E-state index contributed by atoms with van der Waals surface area (Å²) in [6.07, 6.45) is 3.08. The molecule has 1 unspecified atom stereocenters. The maximum atomic E-state index is 10.7. The van der Waals surface area contributed by atoms with Crippen LogP contribution < -0.4 is 0 Å². The lowest BCUT2D eigenvalue weighted by Crippen LogP contribution is -1.93. The first kappa shape index (κ1) is 7.99. The first-order valence-corrected chi connectivity index (χ1v) is 4.84. The first-order valence-electron chi connectivity index (χ1n) is 4.05. The van der Waals surface area contributed by atoms with Crippen molar-refractivity contribution in [1.82, 2.24) is 0 Å². The zero-order chi connectivity index (χ0) is 8.55. The van der Waals surface area contributed by atoms with Crippen LogP contribution in [0.15, 0.2) is 22.7 Å². The Bertz CT molecular complexity index is 320. The normalized spacial score (nSPS) is 20.6. The van der Waals surface area contributed by atoms with E-state index in [0.29, 0.717) is 0 Å². The second-order valence-electron chi connectivity index (χ2n) is 3.12. The zero-order valence-corrected chi connectivity index (χ0v) is 8.17. The number of hydrogen-bond acceptors (Lipinski definition) is 1. The second kappa shape index (κ2) is 3.02. The Kier molecular flexibility index (Phi) is 2.01. The van der Waals surface area contributed by atoms with Gasteiger partial charge in [0.2, 0.25) is 0 Å². The maximum Gasteiger partial charge on any atom is 0.127 e. The summed E-state index contributed by atoms with van der Waals surface area (Å²) >= 11 is 3.41. The standard InChI is InChI=1S/C10H9BrO/c11-9-4-3-7-1-2-8(6-12)10(7)5-9/h3-6,8H,1-2H2. The van der Waals surface area contributed by atoms with E-state index in [2.05, 4.69) is 28.1 Å². The summed E-state index contributed by atoms with van der Waals surface area (Å²) in [7, 11) is 0. The molecule has 62 valence electrons. The number of benzene rings is 1. The summed E-state index contributed by atoms with van der Waals surface area (Å²) in [6.45, 7) is 0. The molecule has 0 saturated heterocycles. The number of rotatable bonds is 1. The van der Waals surface area contributed by atoms with Crippen LogP contribution in [0.4, 0.5) is 0 Å². The first-order chi connectivity index (χ1) is 5.81. The van der Waals surface area contributed by atoms with Gasteiger partial charge in [0.1, 0.15) is 6.29 Å². The molecule has 1 aliphatic rings. The van der Waals surface area contributed by atoms with Crippen molar-refractivity contribution in [2.75, 3.05) is 0 Å². The minimum atomic E-state index is 0.137. The molecule has 0 N–H and O–H groups in total. The SMILES string of the molecule is O=CC1CCc2ccc(Br)cc21. The van der Waals surface area contributed by atoms with Crippen LogP contribution in [0.2, 0.25) is 0 Å². The molecule has 0 heterocycles. The molecule has 2 rings (SSSR count). The van der Waals surface area contributed by atoms with E-state index in [0.717, 1.165) is 23.6 Å². The van der Waals surface area contributed by atoms with Crippen LogP contribution in [0.1, 0.15) is 23.5 Å². The molecule has 0 amide bonds. The molecule has 0 aromatic heterocycles. The molecule has 0 spiro atoms. The van der Waals surface area contributed by atoms with Crippen molar-refractivity contribution in [2.24, 2.45) is 0 Å². The van der Waals surface area contributed by atoms with Gasteiger partial charge in [0.25, 0.3) is 0 Å². The number of halogens is 1. The van der Waals surface area contributed by atoms with Gasteiger partial charge in [-0.15, -0.1) is 0 Å². The predicted molar refractivity (Wildman–Crippen MR) is 51.3 cm³/mol. The van der Waals surface area contributed by atoms with Gasteiger partial charge < -0.3 is 4.79 Å². The largest absolute Gasteiger partial charge is 0.303 e. The monoisotopic (exact) mass is 224 g/mol. The van der Waals surface area contributed by atoms with Crippen molar-refractivity contribution in [3.63, 3.8) is 0 Å². The van der Waals surface area contributed by atoms with Gasteiger partial charge in [0, 0.05) is 10.4 Å². The van der Waals surface area contributed by atoms with Gasteiger partial charge in [-0.3, -0.25) is 0 Å². The average Bonchev–Trinajstić information content (AvgIpc) is 2.46. The number of carbonyl (C=O) groups is 1. The van der Waals surface area contributed by atoms with E-state index in [1.54, 1.807) is 0 Å².